The number of rotatable bonds is 8. The highest BCUT2D eigenvalue weighted by molar-refractivity contribution is 6.00. The van der Waals surface area contributed by atoms with Crippen LogP contribution in [0.15, 0.2) is 48.5 Å². The van der Waals surface area contributed by atoms with Crippen molar-refractivity contribution in [2.75, 3.05) is 13.7 Å². The Kier molecular flexibility index (Phi) is 6.57. The van der Waals surface area contributed by atoms with Gasteiger partial charge in [0.1, 0.15) is 11.5 Å². The van der Waals surface area contributed by atoms with Gasteiger partial charge in [-0.3, -0.25) is 9.59 Å². The van der Waals surface area contributed by atoms with E-state index in [0.717, 1.165) is 5.56 Å². The normalized spacial score (nSPS) is 11.5. The van der Waals surface area contributed by atoms with Crippen LogP contribution in [0.5, 0.6) is 11.5 Å². The molecule has 1 atom stereocenters. The van der Waals surface area contributed by atoms with Gasteiger partial charge in [0.2, 0.25) is 5.78 Å². The topological polar surface area (TPSA) is 61.8 Å². The van der Waals surface area contributed by atoms with E-state index in [9.17, 15) is 9.59 Å². The molecule has 0 aliphatic rings. The second-order valence-corrected chi connectivity index (χ2v) is 5.64. The first-order valence-electron chi connectivity index (χ1n) is 8.07. The lowest BCUT2D eigenvalue weighted by molar-refractivity contribution is -0.146. The molecule has 5 heteroatoms. The Balaban J connectivity index is 1.78. The van der Waals surface area contributed by atoms with Gasteiger partial charge in [-0.15, -0.1) is 0 Å². The molecule has 2 rings (SSSR count). The Morgan fingerprint density at radius 3 is 2.16 bits per heavy atom. The minimum atomic E-state index is -0.847. The molecular formula is C20H22O5. The number of hydrogen-bond acceptors (Lipinski definition) is 5. The van der Waals surface area contributed by atoms with Crippen molar-refractivity contribution in [3.63, 3.8) is 0 Å². The van der Waals surface area contributed by atoms with E-state index in [1.165, 1.54) is 0 Å². The summed E-state index contributed by atoms with van der Waals surface area (Å²) >= 11 is 0. The summed E-state index contributed by atoms with van der Waals surface area (Å²) < 4.78 is 15.7. The molecule has 0 aliphatic carbocycles. The first-order chi connectivity index (χ1) is 12.0. The van der Waals surface area contributed by atoms with Crippen molar-refractivity contribution in [1.29, 1.82) is 0 Å². The maximum atomic E-state index is 12.3. The van der Waals surface area contributed by atoms with E-state index in [1.807, 2.05) is 31.2 Å². The lowest BCUT2D eigenvalue weighted by atomic mass is 10.1. The highest BCUT2D eigenvalue weighted by Gasteiger charge is 2.19. The standard InChI is InChI=1S/C20H22O5/c1-14-4-8-18(9-5-14)24-13-12-19(21)25-15(2)20(22)16-6-10-17(23-3)11-7-16/h4-11,15H,12-13H2,1-3H3. The number of aryl methyl sites for hydroxylation is 1. The van der Waals surface area contributed by atoms with Crippen molar-refractivity contribution in [3.8, 4) is 11.5 Å². The van der Waals surface area contributed by atoms with Crippen LogP contribution in [-0.2, 0) is 9.53 Å². The molecule has 0 heterocycles. The zero-order chi connectivity index (χ0) is 18.2. The Morgan fingerprint density at radius 1 is 0.960 bits per heavy atom. The van der Waals surface area contributed by atoms with Crippen molar-refractivity contribution >= 4 is 11.8 Å². The van der Waals surface area contributed by atoms with E-state index in [1.54, 1.807) is 38.3 Å². The third kappa shape index (κ3) is 5.64. The molecule has 2 aromatic rings. The van der Waals surface area contributed by atoms with E-state index < -0.39 is 12.1 Å². The zero-order valence-electron chi connectivity index (χ0n) is 14.7. The summed E-state index contributed by atoms with van der Waals surface area (Å²) in [6.45, 7) is 3.75. The van der Waals surface area contributed by atoms with E-state index >= 15 is 0 Å². The monoisotopic (exact) mass is 342 g/mol. The summed E-state index contributed by atoms with van der Waals surface area (Å²) in [5.74, 6) is 0.632. The molecule has 0 spiro atoms. The predicted octanol–water partition coefficient (Wildman–Crippen LogP) is 3.59. The van der Waals surface area contributed by atoms with Gasteiger partial charge in [0, 0.05) is 5.56 Å². The number of ketones is 1. The summed E-state index contributed by atoms with van der Waals surface area (Å²) in [6, 6.07) is 14.2. The van der Waals surface area contributed by atoms with Crippen LogP contribution in [0.3, 0.4) is 0 Å². The first-order valence-corrected chi connectivity index (χ1v) is 8.07. The van der Waals surface area contributed by atoms with Crippen molar-refractivity contribution in [2.24, 2.45) is 0 Å². The molecule has 2 aromatic carbocycles. The molecule has 5 nitrogen and oxygen atoms in total. The number of carbonyl (C=O) groups excluding carboxylic acids is 2. The highest BCUT2D eigenvalue weighted by atomic mass is 16.5. The minimum Gasteiger partial charge on any atom is -0.497 e. The molecule has 0 saturated carbocycles. The van der Waals surface area contributed by atoms with Crippen LogP contribution >= 0.6 is 0 Å². The predicted molar refractivity (Wildman–Crippen MR) is 94.2 cm³/mol. The fourth-order valence-electron chi connectivity index (χ4n) is 2.19. The lowest BCUT2D eigenvalue weighted by Crippen LogP contribution is -2.25. The molecule has 0 fully saturated rings. The molecule has 0 saturated heterocycles. The number of methoxy groups -OCH3 is 1. The van der Waals surface area contributed by atoms with Crippen LogP contribution < -0.4 is 9.47 Å². The van der Waals surface area contributed by atoms with Gasteiger partial charge < -0.3 is 14.2 Å². The SMILES string of the molecule is COc1ccc(C(=O)C(C)OC(=O)CCOc2ccc(C)cc2)cc1. The molecule has 0 radical (unpaired) electrons. The summed E-state index contributed by atoms with van der Waals surface area (Å²) in [7, 11) is 1.56. The van der Waals surface area contributed by atoms with E-state index in [4.69, 9.17) is 14.2 Å². The van der Waals surface area contributed by atoms with E-state index in [0.29, 0.717) is 17.1 Å². The molecule has 0 aliphatic heterocycles. The van der Waals surface area contributed by atoms with Gasteiger partial charge in [-0.25, -0.2) is 0 Å². The second kappa shape index (κ2) is 8.87. The molecule has 25 heavy (non-hydrogen) atoms. The van der Waals surface area contributed by atoms with E-state index in [2.05, 4.69) is 0 Å². The number of Topliss-reactive ketones (excluding diaryl/α,β-unsaturated/α-hetero) is 1. The van der Waals surface area contributed by atoms with Crippen molar-refractivity contribution < 1.29 is 23.8 Å². The fraction of sp³-hybridized carbons (Fsp3) is 0.300. The summed E-state index contributed by atoms with van der Waals surface area (Å²) in [6.07, 6.45) is -0.769. The Bertz CT molecular complexity index is 704. The number of esters is 1. The van der Waals surface area contributed by atoms with Crippen LogP contribution in [-0.4, -0.2) is 31.6 Å². The third-order valence-corrected chi connectivity index (χ3v) is 3.65. The number of benzene rings is 2. The summed E-state index contributed by atoms with van der Waals surface area (Å²) in [4.78, 5) is 24.1. The summed E-state index contributed by atoms with van der Waals surface area (Å²) in [5.41, 5.74) is 1.61. The van der Waals surface area contributed by atoms with Gasteiger partial charge in [0.05, 0.1) is 20.1 Å². The molecular weight excluding hydrogens is 320 g/mol. The molecule has 0 bridgehead atoms. The molecule has 1 unspecified atom stereocenters. The van der Waals surface area contributed by atoms with Gasteiger partial charge in [0.25, 0.3) is 0 Å². The van der Waals surface area contributed by atoms with Gasteiger partial charge in [0.15, 0.2) is 6.10 Å². The quantitative estimate of drug-likeness (QED) is 0.542. The molecule has 0 N–H and O–H groups in total. The second-order valence-electron chi connectivity index (χ2n) is 5.64. The van der Waals surface area contributed by atoms with Crippen LogP contribution in [0.4, 0.5) is 0 Å². The van der Waals surface area contributed by atoms with Crippen LogP contribution in [0.1, 0.15) is 29.3 Å². The number of ether oxygens (including phenoxy) is 3. The minimum absolute atomic E-state index is 0.0775. The largest absolute Gasteiger partial charge is 0.497 e. The Morgan fingerprint density at radius 2 is 1.56 bits per heavy atom. The van der Waals surface area contributed by atoms with Gasteiger partial charge in [-0.2, -0.15) is 0 Å². The Labute approximate surface area is 147 Å². The van der Waals surface area contributed by atoms with Crippen LogP contribution in [0.25, 0.3) is 0 Å². The highest BCUT2D eigenvalue weighted by Crippen LogP contribution is 2.14. The van der Waals surface area contributed by atoms with Crippen molar-refractivity contribution in [2.45, 2.75) is 26.4 Å². The van der Waals surface area contributed by atoms with Crippen molar-refractivity contribution in [1.82, 2.24) is 0 Å². The van der Waals surface area contributed by atoms with Gasteiger partial charge >= 0.3 is 5.97 Å². The maximum absolute atomic E-state index is 12.3. The third-order valence-electron chi connectivity index (χ3n) is 3.65. The zero-order valence-corrected chi connectivity index (χ0v) is 14.7. The van der Waals surface area contributed by atoms with Crippen LogP contribution in [0, 0.1) is 6.92 Å². The average Bonchev–Trinajstić information content (AvgIpc) is 2.62. The van der Waals surface area contributed by atoms with Gasteiger partial charge in [-0.05, 0) is 50.2 Å². The smallest absolute Gasteiger partial charge is 0.309 e. The average molecular weight is 342 g/mol. The molecule has 0 amide bonds. The van der Waals surface area contributed by atoms with E-state index in [-0.39, 0.29) is 18.8 Å². The lowest BCUT2D eigenvalue weighted by Gasteiger charge is -2.13. The van der Waals surface area contributed by atoms with Crippen molar-refractivity contribution in [3.05, 3.63) is 59.7 Å². The first kappa shape index (κ1) is 18.5. The number of hydrogen-bond donors (Lipinski definition) is 0. The maximum Gasteiger partial charge on any atom is 0.309 e. The fourth-order valence-corrected chi connectivity index (χ4v) is 2.19. The number of carbonyl (C=O) groups is 2. The Hall–Kier alpha value is -2.82. The summed E-state index contributed by atoms with van der Waals surface area (Å²) in [5, 5.41) is 0. The molecule has 0 aromatic heterocycles. The molecule has 132 valence electrons. The van der Waals surface area contributed by atoms with Crippen LogP contribution in [0.2, 0.25) is 0 Å². The van der Waals surface area contributed by atoms with Gasteiger partial charge in [-0.1, -0.05) is 17.7 Å².